The molecule has 4 rings (SSSR count). The van der Waals surface area contributed by atoms with E-state index in [1.165, 1.54) is 11.8 Å². The van der Waals surface area contributed by atoms with Crippen molar-refractivity contribution in [2.24, 2.45) is 0 Å². The molecule has 3 heterocycles. The summed E-state index contributed by atoms with van der Waals surface area (Å²) in [5.74, 6) is 1.39. The van der Waals surface area contributed by atoms with E-state index in [-0.39, 0.29) is 17.6 Å². The zero-order valence-corrected chi connectivity index (χ0v) is 18.8. The quantitative estimate of drug-likeness (QED) is 0.416. The molecule has 12 heteroatoms. The number of fused-ring (bicyclic) bond motifs is 1. The van der Waals surface area contributed by atoms with Crippen LogP contribution in [0.4, 0.5) is 23.3 Å². The van der Waals surface area contributed by atoms with Gasteiger partial charge in [0, 0.05) is 26.1 Å². The monoisotopic (exact) mass is 455 g/mol. The second-order valence-electron chi connectivity index (χ2n) is 7.05. The number of benzene rings is 1. The van der Waals surface area contributed by atoms with Crippen LogP contribution < -0.4 is 20.9 Å². The first kappa shape index (κ1) is 21.8. The van der Waals surface area contributed by atoms with E-state index in [4.69, 9.17) is 0 Å². The normalized spacial score (nSPS) is 13.6. The Morgan fingerprint density at radius 1 is 1.12 bits per heavy atom. The number of thioether (sulfide) groups is 1. The number of anilines is 4. The highest BCUT2D eigenvalue weighted by Crippen LogP contribution is 2.30. The minimum Gasteiger partial charge on any atom is -0.355 e. The Morgan fingerprint density at radius 3 is 2.69 bits per heavy atom. The SMILES string of the molecule is CCNc1nc(NCC)n2c(SCC(=O)Nc3ccccc3N3CCCC3=O)nnc2n1. The molecule has 0 spiro atoms. The van der Waals surface area contributed by atoms with Gasteiger partial charge >= 0.3 is 0 Å². The highest BCUT2D eigenvalue weighted by molar-refractivity contribution is 7.99. The van der Waals surface area contributed by atoms with Gasteiger partial charge in [0.2, 0.25) is 23.7 Å². The van der Waals surface area contributed by atoms with Gasteiger partial charge in [0.1, 0.15) is 0 Å². The largest absolute Gasteiger partial charge is 0.355 e. The summed E-state index contributed by atoms with van der Waals surface area (Å²) in [6.45, 7) is 5.93. The van der Waals surface area contributed by atoms with E-state index in [1.54, 1.807) is 15.4 Å². The van der Waals surface area contributed by atoms with Crippen molar-refractivity contribution in [3.8, 4) is 0 Å². The van der Waals surface area contributed by atoms with Gasteiger partial charge in [-0.1, -0.05) is 23.9 Å². The van der Waals surface area contributed by atoms with Gasteiger partial charge in [-0.3, -0.25) is 9.59 Å². The number of para-hydroxylation sites is 2. The van der Waals surface area contributed by atoms with Crippen LogP contribution in [0.1, 0.15) is 26.7 Å². The molecule has 2 aromatic heterocycles. The fourth-order valence-corrected chi connectivity index (χ4v) is 4.16. The Bertz CT molecular complexity index is 1130. The van der Waals surface area contributed by atoms with Crippen LogP contribution in [-0.2, 0) is 9.59 Å². The number of carbonyl (C=O) groups is 2. The summed E-state index contributed by atoms with van der Waals surface area (Å²) in [5.41, 5.74) is 1.34. The molecule has 1 aliphatic rings. The number of rotatable bonds is 9. The molecule has 0 saturated carbocycles. The van der Waals surface area contributed by atoms with E-state index in [0.717, 1.165) is 12.1 Å². The third kappa shape index (κ3) is 4.59. The van der Waals surface area contributed by atoms with Crippen molar-refractivity contribution in [3.63, 3.8) is 0 Å². The molecular weight excluding hydrogens is 430 g/mol. The second-order valence-corrected chi connectivity index (χ2v) is 7.99. The standard InChI is InChI=1S/C20H25N9O2S/c1-3-21-17-24-18(22-4-2)29-19(25-17)26-27-20(29)32-12-15(30)23-13-8-5-6-9-14(13)28-11-7-10-16(28)31/h5-6,8-9H,3-4,7,10-12H2,1-2H3,(H,23,30)(H2,21,22,24,25,26). The lowest BCUT2D eigenvalue weighted by Gasteiger charge is -2.19. The minimum absolute atomic E-state index is 0.0730. The first-order valence-corrected chi connectivity index (χ1v) is 11.5. The highest BCUT2D eigenvalue weighted by atomic mass is 32.2. The number of nitrogens with zero attached hydrogens (tertiary/aromatic N) is 6. The Kier molecular flexibility index (Phi) is 6.69. The predicted molar refractivity (Wildman–Crippen MR) is 124 cm³/mol. The van der Waals surface area contributed by atoms with Gasteiger partial charge in [-0.15, -0.1) is 10.2 Å². The second kappa shape index (κ2) is 9.81. The minimum atomic E-state index is -0.207. The summed E-state index contributed by atoms with van der Waals surface area (Å²) < 4.78 is 1.69. The molecule has 2 amide bonds. The Morgan fingerprint density at radius 2 is 1.94 bits per heavy atom. The van der Waals surface area contributed by atoms with E-state index in [9.17, 15) is 9.59 Å². The van der Waals surface area contributed by atoms with Crippen LogP contribution in [-0.4, -0.2) is 61.8 Å². The summed E-state index contributed by atoms with van der Waals surface area (Å²) in [5, 5.41) is 18.0. The molecule has 1 fully saturated rings. The number of aromatic nitrogens is 5. The molecule has 0 atom stereocenters. The van der Waals surface area contributed by atoms with Crippen molar-refractivity contribution in [1.29, 1.82) is 0 Å². The van der Waals surface area contributed by atoms with E-state index < -0.39 is 0 Å². The molecule has 0 aliphatic carbocycles. The number of hydrogen-bond acceptors (Lipinski definition) is 9. The molecular formula is C20H25N9O2S. The van der Waals surface area contributed by atoms with E-state index in [2.05, 4.69) is 36.1 Å². The summed E-state index contributed by atoms with van der Waals surface area (Å²) >= 11 is 1.24. The molecule has 32 heavy (non-hydrogen) atoms. The molecule has 0 radical (unpaired) electrons. The molecule has 11 nitrogen and oxygen atoms in total. The van der Waals surface area contributed by atoms with Crippen LogP contribution in [0.15, 0.2) is 29.4 Å². The van der Waals surface area contributed by atoms with Gasteiger partial charge in [-0.2, -0.15) is 9.97 Å². The van der Waals surface area contributed by atoms with Crippen LogP contribution >= 0.6 is 11.8 Å². The Hall–Kier alpha value is -3.41. The van der Waals surface area contributed by atoms with Crippen LogP contribution in [0.2, 0.25) is 0 Å². The first-order valence-electron chi connectivity index (χ1n) is 10.5. The maximum absolute atomic E-state index is 12.7. The third-order valence-corrected chi connectivity index (χ3v) is 5.72. The lowest BCUT2D eigenvalue weighted by molar-refractivity contribution is -0.117. The maximum atomic E-state index is 12.7. The third-order valence-electron chi connectivity index (χ3n) is 4.79. The zero-order valence-electron chi connectivity index (χ0n) is 18.0. The Balaban J connectivity index is 1.49. The fourth-order valence-electron chi connectivity index (χ4n) is 3.43. The molecule has 168 valence electrons. The Labute approximate surface area is 189 Å². The lowest BCUT2D eigenvalue weighted by Crippen LogP contribution is -2.26. The molecule has 0 unspecified atom stereocenters. The van der Waals surface area contributed by atoms with Crippen molar-refractivity contribution < 1.29 is 9.59 Å². The van der Waals surface area contributed by atoms with Crippen LogP contribution in [0.5, 0.6) is 0 Å². The predicted octanol–water partition coefficient (Wildman–Crippen LogP) is 2.24. The molecule has 1 aliphatic heterocycles. The first-order chi connectivity index (χ1) is 15.6. The van der Waals surface area contributed by atoms with Gasteiger partial charge in [-0.25, -0.2) is 4.40 Å². The van der Waals surface area contributed by atoms with Crippen molar-refractivity contribution in [1.82, 2.24) is 24.6 Å². The van der Waals surface area contributed by atoms with E-state index >= 15 is 0 Å². The number of amides is 2. The van der Waals surface area contributed by atoms with Crippen molar-refractivity contribution in [3.05, 3.63) is 24.3 Å². The van der Waals surface area contributed by atoms with Crippen LogP contribution in [0.25, 0.3) is 5.78 Å². The summed E-state index contributed by atoms with van der Waals surface area (Å²) in [6, 6.07) is 7.34. The average Bonchev–Trinajstić information content (AvgIpc) is 3.39. The maximum Gasteiger partial charge on any atom is 0.261 e. The van der Waals surface area contributed by atoms with Crippen molar-refractivity contribution >= 4 is 52.6 Å². The average molecular weight is 456 g/mol. The molecule has 1 saturated heterocycles. The number of carbonyl (C=O) groups excluding carboxylic acids is 2. The van der Waals surface area contributed by atoms with Gasteiger partial charge in [0.25, 0.3) is 5.78 Å². The molecule has 3 aromatic rings. The van der Waals surface area contributed by atoms with Crippen LogP contribution in [0, 0.1) is 0 Å². The lowest BCUT2D eigenvalue weighted by atomic mass is 10.2. The molecule has 0 bridgehead atoms. The summed E-state index contributed by atoms with van der Waals surface area (Å²) in [7, 11) is 0. The van der Waals surface area contributed by atoms with Crippen molar-refractivity contribution in [2.45, 2.75) is 31.8 Å². The van der Waals surface area contributed by atoms with Crippen molar-refractivity contribution in [2.75, 3.05) is 46.2 Å². The topological polar surface area (TPSA) is 129 Å². The smallest absolute Gasteiger partial charge is 0.261 e. The molecule has 3 N–H and O–H groups in total. The van der Waals surface area contributed by atoms with E-state index in [1.807, 2.05) is 32.0 Å². The van der Waals surface area contributed by atoms with Gasteiger partial charge < -0.3 is 20.9 Å². The van der Waals surface area contributed by atoms with Gasteiger partial charge in [-0.05, 0) is 32.4 Å². The van der Waals surface area contributed by atoms with Gasteiger partial charge in [0.05, 0.1) is 17.1 Å². The highest BCUT2D eigenvalue weighted by Gasteiger charge is 2.24. The number of nitrogens with one attached hydrogen (secondary N) is 3. The van der Waals surface area contributed by atoms with Gasteiger partial charge in [0.15, 0.2) is 5.16 Å². The van der Waals surface area contributed by atoms with Crippen LogP contribution in [0.3, 0.4) is 0 Å². The summed E-state index contributed by atoms with van der Waals surface area (Å²) in [6.07, 6.45) is 1.35. The summed E-state index contributed by atoms with van der Waals surface area (Å²) in [4.78, 5) is 35.4. The molecule has 1 aromatic carbocycles. The zero-order chi connectivity index (χ0) is 22.5. The van der Waals surface area contributed by atoms with E-state index in [0.29, 0.717) is 54.6 Å². The number of hydrogen-bond donors (Lipinski definition) is 3. The fraction of sp³-hybridized carbons (Fsp3) is 0.400.